The number of ether oxygens (including phenoxy) is 1. The molecule has 3 N–H and O–H groups in total. The first kappa shape index (κ1) is 16.9. The van der Waals surface area contributed by atoms with E-state index in [1.165, 1.54) is 0 Å². The molecule has 0 unspecified atom stereocenters. The number of hydrogen-bond donors (Lipinski definition) is 3. The predicted octanol–water partition coefficient (Wildman–Crippen LogP) is 3.17. The minimum Gasteiger partial charge on any atom is -0.495 e. The van der Waals surface area contributed by atoms with Crippen LogP contribution in [0.1, 0.15) is 21.5 Å². The Hall–Kier alpha value is -2.45. The number of anilines is 1. The molecule has 0 fully saturated rings. The molecule has 1 aromatic carbocycles. The number of nitrogens with one attached hydrogen (secondary N) is 2. The van der Waals surface area contributed by atoms with Crippen LogP contribution in [0.15, 0.2) is 41.5 Å². The zero-order valence-electron chi connectivity index (χ0n) is 12.5. The molecule has 120 valence electrons. The Morgan fingerprint density at radius 3 is 2.61 bits per heavy atom. The highest BCUT2D eigenvalue weighted by molar-refractivity contribution is 7.80. The number of nitrogens with zero attached hydrogens (tertiary/aromatic N) is 1. The molecule has 2 rings (SSSR count). The number of carbonyl (C=O) groups is 1. The lowest BCUT2D eigenvalue weighted by atomic mass is 10.3. The molecule has 0 saturated carbocycles. The predicted molar refractivity (Wildman–Crippen MR) is 95.8 cm³/mol. The molecule has 0 aliphatic rings. The number of hydrogen-bond acceptors (Lipinski definition) is 5. The lowest BCUT2D eigenvalue weighted by Gasteiger charge is -2.11. The number of hydrazone groups is 1. The van der Waals surface area contributed by atoms with Crippen molar-refractivity contribution in [3.8, 4) is 5.75 Å². The molecule has 1 aromatic heterocycles. The van der Waals surface area contributed by atoms with Gasteiger partial charge in [-0.1, -0.05) is 12.1 Å². The van der Waals surface area contributed by atoms with Gasteiger partial charge in [0.2, 0.25) is 0 Å². The molecule has 0 spiro atoms. The van der Waals surface area contributed by atoms with Gasteiger partial charge in [-0.05, 0) is 43.4 Å². The fourth-order valence-corrected chi connectivity index (χ4v) is 2.68. The van der Waals surface area contributed by atoms with Crippen molar-refractivity contribution in [1.29, 1.82) is 0 Å². The van der Waals surface area contributed by atoms with Gasteiger partial charge in [0.05, 0.1) is 23.4 Å². The number of benzene rings is 1. The Labute approximate surface area is 142 Å². The average Bonchev–Trinajstić information content (AvgIpc) is 3.03. The normalized spacial score (nSPS) is 11.0. The Balaban J connectivity index is 2.00. The minimum atomic E-state index is -0.949. The number of thiophene rings is 1. The average molecular weight is 349 g/mol. The van der Waals surface area contributed by atoms with Crippen molar-refractivity contribution in [1.82, 2.24) is 5.43 Å². The van der Waals surface area contributed by atoms with Gasteiger partial charge in [0, 0.05) is 0 Å². The Bertz CT molecular complexity index is 756. The molecule has 23 heavy (non-hydrogen) atoms. The van der Waals surface area contributed by atoms with Crippen LogP contribution in [-0.2, 0) is 0 Å². The van der Waals surface area contributed by atoms with Gasteiger partial charge in [0.1, 0.15) is 10.6 Å². The summed E-state index contributed by atoms with van der Waals surface area (Å²) in [6, 6.07) is 10.6. The third-order valence-electron chi connectivity index (χ3n) is 2.85. The molecule has 8 heteroatoms. The van der Waals surface area contributed by atoms with Crippen LogP contribution in [0, 0.1) is 0 Å². The van der Waals surface area contributed by atoms with Crippen LogP contribution < -0.4 is 15.5 Å². The summed E-state index contributed by atoms with van der Waals surface area (Å²) >= 11 is 6.34. The van der Waals surface area contributed by atoms with E-state index in [4.69, 9.17) is 22.1 Å². The van der Waals surface area contributed by atoms with Crippen molar-refractivity contribution in [2.75, 3.05) is 12.4 Å². The van der Waals surface area contributed by atoms with Crippen LogP contribution >= 0.6 is 23.6 Å². The fraction of sp³-hybridized carbons (Fsp3) is 0.133. The quantitative estimate of drug-likeness (QED) is 0.437. The summed E-state index contributed by atoms with van der Waals surface area (Å²) in [5, 5.41) is 16.4. The maximum atomic E-state index is 10.9. The minimum absolute atomic E-state index is 0.268. The zero-order chi connectivity index (χ0) is 16.8. The zero-order valence-corrected chi connectivity index (χ0v) is 14.1. The second-order valence-electron chi connectivity index (χ2n) is 4.43. The standard InChI is InChI=1S/C15H15N3O3S2/c1-9(12-7-8-13(23-12)14(19)20)17-18-15(22)16-10-5-3-4-6-11(10)21-2/h3-8H,1-2H3,(H,19,20)(H2,16,18,22)/b17-9-. The van der Waals surface area contributed by atoms with Crippen molar-refractivity contribution in [3.63, 3.8) is 0 Å². The van der Waals surface area contributed by atoms with E-state index in [9.17, 15) is 4.79 Å². The summed E-state index contributed by atoms with van der Waals surface area (Å²) in [6.45, 7) is 1.77. The van der Waals surface area contributed by atoms with Crippen LogP contribution in [0.5, 0.6) is 5.75 Å². The van der Waals surface area contributed by atoms with E-state index < -0.39 is 5.97 Å². The molecule has 0 saturated heterocycles. The van der Waals surface area contributed by atoms with Crippen LogP contribution in [0.2, 0.25) is 0 Å². The molecule has 0 aliphatic heterocycles. The van der Waals surface area contributed by atoms with Gasteiger partial charge in [-0.15, -0.1) is 11.3 Å². The van der Waals surface area contributed by atoms with Gasteiger partial charge >= 0.3 is 5.97 Å². The number of aromatic carboxylic acids is 1. The number of methoxy groups -OCH3 is 1. The SMILES string of the molecule is COc1ccccc1NC(=S)N/N=C(/C)c1ccc(C(=O)O)s1. The van der Waals surface area contributed by atoms with Crippen molar-refractivity contribution in [3.05, 3.63) is 46.2 Å². The van der Waals surface area contributed by atoms with E-state index in [-0.39, 0.29) is 4.88 Å². The summed E-state index contributed by atoms with van der Waals surface area (Å²) in [7, 11) is 1.58. The summed E-state index contributed by atoms with van der Waals surface area (Å²) in [6.07, 6.45) is 0. The Kier molecular flexibility index (Phi) is 5.67. The third kappa shape index (κ3) is 4.51. The van der Waals surface area contributed by atoms with Gasteiger partial charge in [0.25, 0.3) is 0 Å². The molecular formula is C15H15N3O3S2. The van der Waals surface area contributed by atoms with E-state index >= 15 is 0 Å². The molecule has 0 atom stereocenters. The van der Waals surface area contributed by atoms with Crippen molar-refractivity contribution >= 4 is 46.0 Å². The number of thiocarbonyl (C=S) groups is 1. The van der Waals surface area contributed by atoms with Crippen molar-refractivity contribution in [2.24, 2.45) is 5.10 Å². The molecule has 0 radical (unpaired) electrons. The smallest absolute Gasteiger partial charge is 0.345 e. The van der Waals surface area contributed by atoms with Crippen LogP contribution in [0.3, 0.4) is 0 Å². The number of rotatable bonds is 5. The molecule has 1 heterocycles. The summed E-state index contributed by atoms with van der Waals surface area (Å²) in [5.74, 6) is -0.280. The number of carboxylic acids is 1. The first-order chi connectivity index (χ1) is 11.0. The van der Waals surface area contributed by atoms with Gasteiger partial charge in [0.15, 0.2) is 5.11 Å². The van der Waals surface area contributed by atoms with Gasteiger partial charge in [-0.3, -0.25) is 5.43 Å². The molecule has 2 aromatic rings. The first-order valence-corrected chi connectivity index (χ1v) is 7.81. The van der Waals surface area contributed by atoms with Gasteiger partial charge in [-0.2, -0.15) is 5.10 Å². The van der Waals surface area contributed by atoms with E-state index in [0.717, 1.165) is 21.9 Å². The highest BCUT2D eigenvalue weighted by atomic mass is 32.1. The number of para-hydroxylation sites is 2. The fourth-order valence-electron chi connectivity index (χ4n) is 1.74. The Morgan fingerprint density at radius 1 is 1.26 bits per heavy atom. The topological polar surface area (TPSA) is 83.0 Å². The van der Waals surface area contributed by atoms with Crippen LogP contribution in [0.25, 0.3) is 0 Å². The first-order valence-electron chi connectivity index (χ1n) is 6.59. The second kappa shape index (κ2) is 7.70. The lowest BCUT2D eigenvalue weighted by molar-refractivity contribution is 0.0702. The van der Waals surface area contributed by atoms with E-state index in [0.29, 0.717) is 16.6 Å². The van der Waals surface area contributed by atoms with Gasteiger partial charge in [-0.25, -0.2) is 4.79 Å². The maximum Gasteiger partial charge on any atom is 0.345 e. The summed E-state index contributed by atoms with van der Waals surface area (Å²) in [4.78, 5) is 11.9. The Morgan fingerprint density at radius 2 is 1.96 bits per heavy atom. The second-order valence-corrected chi connectivity index (χ2v) is 5.92. The van der Waals surface area contributed by atoms with Crippen molar-refractivity contribution < 1.29 is 14.6 Å². The maximum absolute atomic E-state index is 10.9. The summed E-state index contributed by atoms with van der Waals surface area (Å²) in [5.41, 5.74) is 4.10. The molecule has 0 aliphatic carbocycles. The van der Waals surface area contributed by atoms with E-state index in [1.54, 1.807) is 26.2 Å². The highest BCUT2D eigenvalue weighted by Gasteiger charge is 2.09. The molecule has 0 amide bonds. The van der Waals surface area contributed by atoms with Crippen LogP contribution in [0.4, 0.5) is 5.69 Å². The largest absolute Gasteiger partial charge is 0.495 e. The van der Waals surface area contributed by atoms with E-state index in [1.807, 2.05) is 24.3 Å². The monoisotopic (exact) mass is 349 g/mol. The molecule has 6 nitrogen and oxygen atoms in total. The lowest BCUT2D eigenvalue weighted by Crippen LogP contribution is -2.25. The third-order valence-corrected chi connectivity index (χ3v) is 4.23. The summed E-state index contributed by atoms with van der Waals surface area (Å²) < 4.78 is 5.23. The molecule has 0 bridgehead atoms. The van der Waals surface area contributed by atoms with Gasteiger partial charge < -0.3 is 15.2 Å². The van der Waals surface area contributed by atoms with Crippen molar-refractivity contribution in [2.45, 2.75) is 6.92 Å². The van der Waals surface area contributed by atoms with E-state index in [2.05, 4.69) is 15.8 Å². The number of carboxylic acid groups (broad SMARTS) is 1. The van der Waals surface area contributed by atoms with Crippen LogP contribution in [-0.4, -0.2) is 29.0 Å². The highest BCUT2D eigenvalue weighted by Crippen LogP contribution is 2.22. The molecular weight excluding hydrogens is 334 g/mol.